The van der Waals surface area contributed by atoms with Crippen LogP contribution >= 0.6 is 23.6 Å². The van der Waals surface area contributed by atoms with E-state index in [1.54, 1.807) is 15.9 Å². The van der Waals surface area contributed by atoms with Crippen molar-refractivity contribution in [2.24, 2.45) is 5.92 Å². The zero-order chi connectivity index (χ0) is 14.4. The van der Waals surface area contributed by atoms with Crippen molar-refractivity contribution >= 4 is 33.8 Å². The average Bonchev–Trinajstić information content (AvgIpc) is 3.21. The van der Waals surface area contributed by atoms with E-state index in [1.165, 1.54) is 42.5 Å². The first-order valence-corrected chi connectivity index (χ1v) is 9.24. The molecular formula is C16H20N2OS2. The van der Waals surface area contributed by atoms with Crippen LogP contribution in [0, 0.1) is 10.7 Å². The molecule has 0 radical (unpaired) electrons. The van der Waals surface area contributed by atoms with Gasteiger partial charge in [0.15, 0.2) is 4.77 Å². The lowest BCUT2D eigenvalue weighted by Gasteiger charge is -2.10. The Morgan fingerprint density at radius 1 is 1.29 bits per heavy atom. The van der Waals surface area contributed by atoms with Gasteiger partial charge in [0.1, 0.15) is 4.83 Å². The molecule has 0 spiro atoms. The number of nitrogens with zero attached hydrogens (tertiary/aromatic N) is 1. The third-order valence-electron chi connectivity index (χ3n) is 4.79. The fourth-order valence-corrected chi connectivity index (χ4v) is 5.04. The Balaban J connectivity index is 1.75. The molecule has 112 valence electrons. The Hall–Kier alpha value is -0.940. The number of hydrogen-bond acceptors (Lipinski definition) is 3. The first-order valence-electron chi connectivity index (χ1n) is 8.01. The third-order valence-corrected chi connectivity index (χ3v) is 6.32. The summed E-state index contributed by atoms with van der Waals surface area (Å²) in [6, 6.07) is 0. The van der Waals surface area contributed by atoms with Gasteiger partial charge in [-0.05, 0) is 62.2 Å². The lowest BCUT2D eigenvalue weighted by Crippen LogP contribution is -2.22. The normalized spacial score (nSPS) is 18.1. The summed E-state index contributed by atoms with van der Waals surface area (Å²) in [6.07, 6.45) is 9.68. The molecule has 1 saturated carbocycles. The van der Waals surface area contributed by atoms with Crippen molar-refractivity contribution < 1.29 is 0 Å². The summed E-state index contributed by atoms with van der Waals surface area (Å²) in [7, 11) is 0. The zero-order valence-corrected chi connectivity index (χ0v) is 13.7. The quantitative estimate of drug-likeness (QED) is 0.858. The number of rotatable bonds is 4. The second-order valence-electron chi connectivity index (χ2n) is 6.39. The van der Waals surface area contributed by atoms with Gasteiger partial charge in [-0.1, -0.05) is 12.8 Å². The van der Waals surface area contributed by atoms with E-state index in [-0.39, 0.29) is 5.56 Å². The largest absolute Gasteiger partial charge is 0.323 e. The highest BCUT2D eigenvalue weighted by atomic mass is 32.1. The number of aromatic nitrogens is 2. The highest BCUT2D eigenvalue weighted by Crippen LogP contribution is 2.34. The van der Waals surface area contributed by atoms with Gasteiger partial charge in [-0.2, -0.15) is 0 Å². The van der Waals surface area contributed by atoms with Crippen LogP contribution in [-0.4, -0.2) is 9.55 Å². The Bertz CT molecular complexity index is 795. The molecule has 3 nitrogen and oxygen atoms in total. The maximum absolute atomic E-state index is 12.9. The molecule has 1 fully saturated rings. The predicted molar refractivity (Wildman–Crippen MR) is 89.9 cm³/mol. The summed E-state index contributed by atoms with van der Waals surface area (Å²) < 4.78 is 2.39. The number of nitrogens with one attached hydrogen (secondary N) is 1. The van der Waals surface area contributed by atoms with Gasteiger partial charge in [-0.3, -0.25) is 9.36 Å². The SMILES string of the molecule is O=c1c2c3c(sc2[nH]c(=S)n1CCCC1CC1)CCCC3. The van der Waals surface area contributed by atoms with Crippen LogP contribution in [0.3, 0.4) is 0 Å². The topological polar surface area (TPSA) is 37.8 Å². The van der Waals surface area contributed by atoms with E-state index in [2.05, 4.69) is 4.98 Å². The minimum absolute atomic E-state index is 0.143. The molecule has 1 N–H and O–H groups in total. The van der Waals surface area contributed by atoms with Gasteiger partial charge in [0.2, 0.25) is 0 Å². The molecule has 2 heterocycles. The van der Waals surface area contributed by atoms with Gasteiger partial charge in [0.05, 0.1) is 5.39 Å². The molecule has 4 rings (SSSR count). The average molecular weight is 320 g/mol. The van der Waals surface area contributed by atoms with E-state index in [4.69, 9.17) is 12.2 Å². The molecule has 2 aromatic rings. The first kappa shape index (κ1) is 13.7. The van der Waals surface area contributed by atoms with Crippen molar-refractivity contribution in [3.63, 3.8) is 0 Å². The smallest absolute Gasteiger partial charge is 0.263 e. The Morgan fingerprint density at radius 3 is 2.90 bits per heavy atom. The van der Waals surface area contributed by atoms with Gasteiger partial charge in [-0.15, -0.1) is 11.3 Å². The molecule has 2 aromatic heterocycles. The molecule has 5 heteroatoms. The fraction of sp³-hybridized carbons (Fsp3) is 0.625. The van der Waals surface area contributed by atoms with Crippen LogP contribution in [0.2, 0.25) is 0 Å². The van der Waals surface area contributed by atoms with E-state index in [0.29, 0.717) is 4.77 Å². The number of fused-ring (bicyclic) bond motifs is 3. The summed E-state index contributed by atoms with van der Waals surface area (Å²) in [5.41, 5.74) is 1.44. The molecule has 0 bridgehead atoms. The summed E-state index contributed by atoms with van der Waals surface area (Å²) >= 11 is 7.16. The maximum Gasteiger partial charge on any atom is 0.263 e. The second-order valence-corrected chi connectivity index (χ2v) is 7.88. The summed E-state index contributed by atoms with van der Waals surface area (Å²) in [5, 5.41) is 0.926. The van der Waals surface area contributed by atoms with E-state index < -0.39 is 0 Å². The summed E-state index contributed by atoms with van der Waals surface area (Å²) in [4.78, 5) is 18.6. The van der Waals surface area contributed by atoms with E-state index in [9.17, 15) is 4.79 Å². The van der Waals surface area contributed by atoms with Crippen LogP contribution in [0.1, 0.15) is 49.0 Å². The first-order chi connectivity index (χ1) is 10.2. The molecule has 0 atom stereocenters. The molecule has 0 amide bonds. The van der Waals surface area contributed by atoms with Crippen molar-refractivity contribution in [3.05, 3.63) is 25.6 Å². The highest BCUT2D eigenvalue weighted by Gasteiger charge is 2.22. The van der Waals surface area contributed by atoms with Crippen molar-refractivity contribution in [2.45, 2.75) is 57.9 Å². The number of H-pyrrole nitrogens is 1. The number of aryl methyl sites for hydroxylation is 2. The van der Waals surface area contributed by atoms with E-state index in [0.717, 1.165) is 41.9 Å². The molecule has 0 aromatic carbocycles. The Morgan fingerprint density at radius 2 is 2.10 bits per heavy atom. The van der Waals surface area contributed by atoms with Crippen LogP contribution < -0.4 is 5.56 Å². The molecular weight excluding hydrogens is 300 g/mol. The van der Waals surface area contributed by atoms with Crippen molar-refractivity contribution in [2.75, 3.05) is 0 Å². The van der Waals surface area contributed by atoms with Crippen LogP contribution in [0.25, 0.3) is 10.2 Å². The number of hydrogen-bond donors (Lipinski definition) is 1. The molecule has 2 aliphatic rings. The standard InChI is InChI=1S/C16H20N2OS2/c19-15-13-11-5-1-2-6-12(11)21-14(13)17-16(20)18(15)9-3-4-10-7-8-10/h10H,1-9H2,(H,17,20). The van der Waals surface area contributed by atoms with Gasteiger partial charge >= 0.3 is 0 Å². The molecule has 0 unspecified atom stereocenters. The summed E-state index contributed by atoms with van der Waals surface area (Å²) in [6.45, 7) is 0.769. The third kappa shape index (κ3) is 2.50. The molecule has 0 saturated heterocycles. The van der Waals surface area contributed by atoms with Crippen molar-refractivity contribution in [1.29, 1.82) is 0 Å². The lowest BCUT2D eigenvalue weighted by molar-refractivity contribution is 0.557. The fourth-order valence-electron chi connectivity index (χ4n) is 3.42. The molecule has 0 aliphatic heterocycles. The van der Waals surface area contributed by atoms with Crippen LogP contribution in [0.15, 0.2) is 4.79 Å². The van der Waals surface area contributed by atoms with Crippen LogP contribution in [0.5, 0.6) is 0 Å². The Labute approximate surface area is 133 Å². The minimum Gasteiger partial charge on any atom is -0.323 e. The second kappa shape index (κ2) is 5.36. The Kier molecular flexibility index (Phi) is 3.50. The summed E-state index contributed by atoms with van der Waals surface area (Å²) in [5.74, 6) is 0.913. The lowest BCUT2D eigenvalue weighted by atomic mass is 9.97. The molecule has 21 heavy (non-hydrogen) atoms. The number of thiophene rings is 1. The van der Waals surface area contributed by atoms with Crippen LogP contribution in [-0.2, 0) is 19.4 Å². The zero-order valence-electron chi connectivity index (χ0n) is 12.1. The van der Waals surface area contributed by atoms with Gasteiger partial charge in [0, 0.05) is 11.4 Å². The predicted octanol–water partition coefficient (Wildman–Crippen LogP) is 4.19. The van der Waals surface area contributed by atoms with Gasteiger partial charge < -0.3 is 4.98 Å². The van der Waals surface area contributed by atoms with E-state index >= 15 is 0 Å². The van der Waals surface area contributed by atoms with E-state index in [1.807, 2.05) is 0 Å². The molecule has 2 aliphatic carbocycles. The van der Waals surface area contributed by atoms with Crippen molar-refractivity contribution in [3.8, 4) is 0 Å². The van der Waals surface area contributed by atoms with Gasteiger partial charge in [-0.25, -0.2) is 0 Å². The van der Waals surface area contributed by atoms with Crippen molar-refractivity contribution in [1.82, 2.24) is 9.55 Å². The highest BCUT2D eigenvalue weighted by molar-refractivity contribution is 7.71. The number of aromatic amines is 1. The van der Waals surface area contributed by atoms with Crippen LogP contribution in [0.4, 0.5) is 0 Å². The maximum atomic E-state index is 12.9. The van der Waals surface area contributed by atoms with Gasteiger partial charge in [0.25, 0.3) is 5.56 Å². The monoisotopic (exact) mass is 320 g/mol. The minimum atomic E-state index is 0.143.